The summed E-state index contributed by atoms with van der Waals surface area (Å²) in [7, 11) is 0. The van der Waals surface area contributed by atoms with Gasteiger partial charge in [-0.15, -0.1) is 0 Å². The monoisotopic (exact) mass is 210 g/mol. The Bertz CT molecular complexity index is 290. The van der Waals surface area contributed by atoms with Crippen molar-refractivity contribution in [3.8, 4) is 11.9 Å². The molecule has 15 heavy (non-hydrogen) atoms. The summed E-state index contributed by atoms with van der Waals surface area (Å²) in [5, 5.41) is 0. The fraction of sp³-hybridized carbons (Fsp3) is 0.636. The predicted octanol–water partition coefficient (Wildman–Crippen LogP) is 2.30. The van der Waals surface area contributed by atoms with Crippen LogP contribution in [-0.2, 0) is 0 Å². The lowest BCUT2D eigenvalue weighted by molar-refractivity contribution is 0.258. The molecule has 0 N–H and O–H groups in total. The van der Waals surface area contributed by atoms with Crippen LogP contribution in [0.1, 0.15) is 27.2 Å². The highest BCUT2D eigenvalue weighted by Crippen LogP contribution is 2.10. The molecule has 1 aromatic rings. The second-order valence-corrected chi connectivity index (χ2v) is 3.64. The molecule has 0 aliphatic rings. The molecular weight excluding hydrogens is 192 g/mol. The van der Waals surface area contributed by atoms with Crippen molar-refractivity contribution in [2.24, 2.45) is 5.92 Å². The number of aromatic nitrogens is 2. The van der Waals surface area contributed by atoms with Crippen LogP contribution >= 0.6 is 0 Å². The van der Waals surface area contributed by atoms with Crippen LogP contribution in [0, 0.1) is 5.92 Å². The molecule has 0 radical (unpaired) electrons. The first kappa shape index (κ1) is 11.8. The lowest BCUT2D eigenvalue weighted by Crippen LogP contribution is -2.05. The van der Waals surface area contributed by atoms with Crippen LogP contribution in [0.4, 0.5) is 0 Å². The van der Waals surface area contributed by atoms with E-state index in [-0.39, 0.29) is 0 Å². The van der Waals surface area contributed by atoms with Gasteiger partial charge >= 0.3 is 6.01 Å². The molecule has 0 bridgehead atoms. The summed E-state index contributed by atoms with van der Waals surface area (Å²) >= 11 is 0. The number of rotatable bonds is 6. The molecule has 0 aliphatic heterocycles. The highest BCUT2D eigenvalue weighted by molar-refractivity contribution is 5.10. The molecular formula is C11H18N2O2. The number of nitrogens with zero attached hydrogens (tertiary/aromatic N) is 2. The first-order valence-electron chi connectivity index (χ1n) is 5.31. The first-order valence-corrected chi connectivity index (χ1v) is 5.31. The van der Waals surface area contributed by atoms with Crippen LogP contribution in [0.3, 0.4) is 0 Å². The van der Waals surface area contributed by atoms with E-state index in [1.54, 1.807) is 12.3 Å². The van der Waals surface area contributed by atoms with E-state index in [1.165, 1.54) is 0 Å². The van der Waals surface area contributed by atoms with Crippen molar-refractivity contribution < 1.29 is 9.47 Å². The minimum atomic E-state index is 0.390. The van der Waals surface area contributed by atoms with Crippen LogP contribution in [0.15, 0.2) is 12.3 Å². The number of hydrogen-bond donors (Lipinski definition) is 0. The Kier molecular flexibility index (Phi) is 4.87. The van der Waals surface area contributed by atoms with Gasteiger partial charge in [-0.25, -0.2) is 4.98 Å². The van der Waals surface area contributed by atoms with Crippen molar-refractivity contribution >= 4 is 0 Å². The molecule has 0 aliphatic carbocycles. The highest BCUT2D eigenvalue weighted by atomic mass is 16.5. The second-order valence-electron chi connectivity index (χ2n) is 3.64. The third-order valence-electron chi connectivity index (χ3n) is 1.83. The SMILES string of the molecule is CCOc1ccnc(OCCC(C)C)n1. The van der Waals surface area contributed by atoms with Gasteiger partial charge in [-0.1, -0.05) is 13.8 Å². The smallest absolute Gasteiger partial charge is 0.319 e. The summed E-state index contributed by atoms with van der Waals surface area (Å²) in [6.07, 6.45) is 2.64. The Morgan fingerprint density at radius 1 is 1.33 bits per heavy atom. The molecule has 1 heterocycles. The van der Waals surface area contributed by atoms with Crippen molar-refractivity contribution in [1.29, 1.82) is 0 Å². The summed E-state index contributed by atoms with van der Waals surface area (Å²) in [6, 6.07) is 2.11. The molecule has 0 amide bonds. The summed E-state index contributed by atoms with van der Waals surface area (Å²) in [4.78, 5) is 8.11. The van der Waals surface area contributed by atoms with Gasteiger partial charge in [-0.3, -0.25) is 0 Å². The maximum absolute atomic E-state index is 5.40. The third-order valence-corrected chi connectivity index (χ3v) is 1.83. The summed E-state index contributed by atoms with van der Waals surface area (Å²) in [5.41, 5.74) is 0. The van der Waals surface area contributed by atoms with Gasteiger partial charge in [-0.2, -0.15) is 4.98 Å². The van der Waals surface area contributed by atoms with Gasteiger partial charge in [0.05, 0.1) is 13.2 Å². The summed E-state index contributed by atoms with van der Waals surface area (Å²) in [6.45, 7) is 7.47. The van der Waals surface area contributed by atoms with Crippen molar-refractivity contribution in [3.63, 3.8) is 0 Å². The Balaban J connectivity index is 2.43. The molecule has 0 atom stereocenters. The van der Waals surface area contributed by atoms with E-state index >= 15 is 0 Å². The number of ether oxygens (including phenoxy) is 2. The van der Waals surface area contributed by atoms with E-state index in [9.17, 15) is 0 Å². The summed E-state index contributed by atoms with van der Waals surface area (Å²) in [5.74, 6) is 1.19. The van der Waals surface area contributed by atoms with Crippen molar-refractivity contribution in [3.05, 3.63) is 12.3 Å². The molecule has 0 saturated heterocycles. The second kappa shape index (κ2) is 6.22. The zero-order chi connectivity index (χ0) is 11.1. The standard InChI is InChI=1S/C11H18N2O2/c1-4-14-10-5-7-12-11(13-10)15-8-6-9(2)3/h5,7,9H,4,6,8H2,1-3H3. The van der Waals surface area contributed by atoms with E-state index in [0.29, 0.717) is 31.0 Å². The quantitative estimate of drug-likeness (QED) is 0.722. The molecule has 1 aromatic heterocycles. The molecule has 84 valence electrons. The first-order chi connectivity index (χ1) is 7.22. The molecule has 4 heteroatoms. The highest BCUT2D eigenvalue weighted by Gasteiger charge is 2.01. The average Bonchev–Trinajstić information content (AvgIpc) is 2.18. The fourth-order valence-electron chi connectivity index (χ4n) is 1.01. The van der Waals surface area contributed by atoms with E-state index < -0.39 is 0 Å². The number of hydrogen-bond acceptors (Lipinski definition) is 4. The van der Waals surface area contributed by atoms with Gasteiger partial charge in [0.2, 0.25) is 5.88 Å². The van der Waals surface area contributed by atoms with Gasteiger partial charge in [0.1, 0.15) is 0 Å². The summed E-state index contributed by atoms with van der Waals surface area (Å²) < 4.78 is 10.6. The molecule has 0 unspecified atom stereocenters. The topological polar surface area (TPSA) is 44.2 Å². The van der Waals surface area contributed by atoms with E-state index in [0.717, 1.165) is 6.42 Å². The third kappa shape index (κ3) is 4.63. The fourth-order valence-corrected chi connectivity index (χ4v) is 1.01. The minimum Gasteiger partial charge on any atom is -0.478 e. The molecule has 0 fully saturated rings. The van der Waals surface area contributed by atoms with Crippen LogP contribution in [0.25, 0.3) is 0 Å². The maximum atomic E-state index is 5.40. The predicted molar refractivity (Wildman–Crippen MR) is 58.2 cm³/mol. The van der Waals surface area contributed by atoms with E-state index in [4.69, 9.17) is 9.47 Å². The lowest BCUT2D eigenvalue weighted by Gasteiger charge is -2.07. The van der Waals surface area contributed by atoms with Gasteiger partial charge in [0.25, 0.3) is 0 Å². The van der Waals surface area contributed by atoms with Crippen LogP contribution < -0.4 is 9.47 Å². The minimum absolute atomic E-state index is 0.390. The van der Waals surface area contributed by atoms with Crippen LogP contribution in [-0.4, -0.2) is 23.2 Å². The normalized spacial score (nSPS) is 10.4. The van der Waals surface area contributed by atoms with Gasteiger partial charge in [-0.05, 0) is 19.3 Å². The average molecular weight is 210 g/mol. The molecule has 4 nitrogen and oxygen atoms in total. The molecule has 0 aromatic carbocycles. The van der Waals surface area contributed by atoms with Crippen molar-refractivity contribution in [2.75, 3.05) is 13.2 Å². The van der Waals surface area contributed by atoms with Crippen molar-refractivity contribution in [2.45, 2.75) is 27.2 Å². The molecule has 0 spiro atoms. The Morgan fingerprint density at radius 2 is 2.13 bits per heavy atom. The lowest BCUT2D eigenvalue weighted by atomic mass is 10.1. The molecule has 1 rings (SSSR count). The Labute approximate surface area is 90.7 Å². The van der Waals surface area contributed by atoms with Crippen LogP contribution in [0.5, 0.6) is 11.9 Å². The van der Waals surface area contributed by atoms with Crippen LogP contribution in [0.2, 0.25) is 0 Å². The van der Waals surface area contributed by atoms with Crippen molar-refractivity contribution in [1.82, 2.24) is 9.97 Å². The zero-order valence-electron chi connectivity index (χ0n) is 9.56. The Morgan fingerprint density at radius 3 is 2.80 bits per heavy atom. The van der Waals surface area contributed by atoms with E-state index in [1.807, 2.05) is 6.92 Å². The van der Waals surface area contributed by atoms with Gasteiger partial charge in [0, 0.05) is 12.3 Å². The molecule has 0 saturated carbocycles. The zero-order valence-corrected chi connectivity index (χ0v) is 9.56. The largest absolute Gasteiger partial charge is 0.478 e. The van der Waals surface area contributed by atoms with Gasteiger partial charge < -0.3 is 9.47 Å². The van der Waals surface area contributed by atoms with E-state index in [2.05, 4.69) is 23.8 Å². The maximum Gasteiger partial charge on any atom is 0.319 e. The van der Waals surface area contributed by atoms with Gasteiger partial charge in [0.15, 0.2) is 0 Å². The Hall–Kier alpha value is -1.32.